The van der Waals surface area contributed by atoms with Crippen LogP contribution in [0.4, 0.5) is 23.7 Å². The van der Waals surface area contributed by atoms with E-state index in [1.807, 2.05) is 10.5 Å². The summed E-state index contributed by atoms with van der Waals surface area (Å²) in [5.74, 6) is -0.306. The number of alkyl halides is 3. The number of ether oxygens (including phenoxy) is 6. The van der Waals surface area contributed by atoms with Gasteiger partial charge in [-0.2, -0.15) is 0 Å². The number of aromatic nitrogens is 2. The molecular formula is C28H28F3N3O7. The van der Waals surface area contributed by atoms with E-state index in [0.29, 0.717) is 22.6 Å². The normalized spacial score (nSPS) is 23.0. The Labute approximate surface area is 232 Å². The Hall–Kier alpha value is -3.91. The number of benzene rings is 2. The van der Waals surface area contributed by atoms with Crippen LogP contribution in [0.5, 0.6) is 5.75 Å². The third-order valence-corrected chi connectivity index (χ3v) is 6.89. The summed E-state index contributed by atoms with van der Waals surface area (Å²) in [4.78, 5) is 17.3. The van der Waals surface area contributed by atoms with Crippen molar-refractivity contribution in [2.75, 3.05) is 26.6 Å². The summed E-state index contributed by atoms with van der Waals surface area (Å²) in [6.45, 7) is 1.79. The Bertz CT molecular complexity index is 1530. The quantitative estimate of drug-likeness (QED) is 0.313. The molecule has 1 aliphatic rings. The van der Waals surface area contributed by atoms with Gasteiger partial charge in [0.1, 0.15) is 29.7 Å². The van der Waals surface area contributed by atoms with E-state index in [1.165, 1.54) is 38.5 Å². The minimum absolute atomic E-state index is 0.306. The number of carbonyl (C=O) groups excluding carboxylic acids is 1. The molecule has 0 unspecified atom stereocenters. The molecule has 1 N–H and O–H groups in total. The highest BCUT2D eigenvalue weighted by molar-refractivity contribution is 5.98. The van der Waals surface area contributed by atoms with Crippen LogP contribution in [-0.4, -0.2) is 73.9 Å². The summed E-state index contributed by atoms with van der Waals surface area (Å²) >= 11 is 0. The third kappa shape index (κ3) is 5.93. The van der Waals surface area contributed by atoms with Crippen molar-refractivity contribution in [3.05, 3.63) is 60.9 Å². The maximum Gasteiger partial charge on any atom is 0.573 e. The van der Waals surface area contributed by atoms with Gasteiger partial charge in [0, 0.05) is 44.2 Å². The Balaban J connectivity index is 1.32. The number of rotatable bonds is 7. The number of amides is 1. The lowest BCUT2D eigenvalue weighted by molar-refractivity contribution is -0.288. The molecule has 4 aromatic rings. The van der Waals surface area contributed by atoms with Crippen LogP contribution in [0.3, 0.4) is 0 Å². The topological polar surface area (TPSA) is 102 Å². The van der Waals surface area contributed by atoms with Crippen LogP contribution in [0.1, 0.15) is 6.92 Å². The second-order valence-corrected chi connectivity index (χ2v) is 9.37. The number of pyridine rings is 1. The van der Waals surface area contributed by atoms with Gasteiger partial charge >= 0.3 is 12.5 Å². The van der Waals surface area contributed by atoms with Crippen LogP contribution in [0.2, 0.25) is 0 Å². The van der Waals surface area contributed by atoms with E-state index < -0.39 is 43.2 Å². The lowest BCUT2D eigenvalue weighted by Crippen LogP contribution is -2.59. The molecule has 3 heterocycles. The molecule has 5 rings (SSSR count). The zero-order valence-electron chi connectivity index (χ0n) is 22.5. The first-order valence-corrected chi connectivity index (χ1v) is 12.6. The summed E-state index contributed by atoms with van der Waals surface area (Å²) in [5, 5.41) is 4.30. The van der Waals surface area contributed by atoms with Crippen LogP contribution in [0.15, 0.2) is 60.9 Å². The predicted molar refractivity (Wildman–Crippen MR) is 142 cm³/mol. The molecule has 5 atom stereocenters. The van der Waals surface area contributed by atoms with Crippen LogP contribution in [0, 0.1) is 0 Å². The molecule has 218 valence electrons. The highest BCUT2D eigenvalue weighted by atomic mass is 19.4. The first kappa shape index (κ1) is 28.6. The average molecular weight is 576 g/mol. The van der Waals surface area contributed by atoms with Crippen molar-refractivity contribution in [2.24, 2.45) is 0 Å². The number of nitrogens with zero attached hydrogens (tertiary/aromatic N) is 2. The van der Waals surface area contributed by atoms with E-state index in [9.17, 15) is 18.0 Å². The number of anilines is 1. The van der Waals surface area contributed by atoms with E-state index in [1.54, 1.807) is 44.6 Å². The first-order chi connectivity index (χ1) is 19.6. The fourth-order valence-electron chi connectivity index (χ4n) is 5.05. The van der Waals surface area contributed by atoms with Crippen molar-refractivity contribution in [1.29, 1.82) is 0 Å². The standard InChI is InChI=1S/C28H28F3N3O7/c1-15-22(36-2)23(37-3)24(38-4)26(39-15)40-27(35)33-18-7-10-20-17(13-18)11-12-34-21(14-32-25(20)34)16-5-8-19(9-6-16)41-28(29,30)31/h5-15,22-24,26H,1-4H3,(H,33,35)/t15-,22-,23+,24+,26-/m0/s1. The Morgan fingerprint density at radius 3 is 2.34 bits per heavy atom. The molecule has 1 aliphatic heterocycles. The van der Waals surface area contributed by atoms with Gasteiger partial charge in [0.05, 0.1) is 18.0 Å². The SMILES string of the molecule is CO[C@@H]1[C@@H](OC)[C@H](C)O[C@@H](OC(=O)Nc2ccc3c(ccn4c(-c5ccc(OC(F)(F)F)cc5)cnc34)c2)[C@@H]1OC. The lowest BCUT2D eigenvalue weighted by Gasteiger charge is -2.43. The maximum absolute atomic E-state index is 12.8. The molecule has 1 fully saturated rings. The van der Waals surface area contributed by atoms with Crippen molar-refractivity contribution < 1.29 is 46.4 Å². The molecule has 0 bridgehead atoms. The number of imidazole rings is 1. The number of hydrogen-bond acceptors (Lipinski definition) is 8. The van der Waals surface area contributed by atoms with Gasteiger partial charge in [-0.3, -0.25) is 9.72 Å². The second-order valence-electron chi connectivity index (χ2n) is 9.37. The van der Waals surface area contributed by atoms with E-state index in [4.69, 9.17) is 23.7 Å². The molecule has 0 radical (unpaired) electrons. The van der Waals surface area contributed by atoms with Gasteiger partial charge in [-0.05, 0) is 60.8 Å². The van der Waals surface area contributed by atoms with Crippen LogP contribution in [-0.2, 0) is 23.7 Å². The fraction of sp³-hybridized carbons (Fsp3) is 0.357. The minimum Gasteiger partial charge on any atom is -0.416 e. The second kappa shape index (κ2) is 11.5. The van der Waals surface area contributed by atoms with Crippen molar-refractivity contribution in [3.8, 4) is 17.0 Å². The largest absolute Gasteiger partial charge is 0.573 e. The van der Waals surface area contributed by atoms with E-state index in [2.05, 4.69) is 15.0 Å². The van der Waals surface area contributed by atoms with E-state index >= 15 is 0 Å². The Morgan fingerprint density at radius 2 is 1.68 bits per heavy atom. The van der Waals surface area contributed by atoms with E-state index in [0.717, 1.165) is 10.8 Å². The molecule has 10 nitrogen and oxygen atoms in total. The zero-order valence-corrected chi connectivity index (χ0v) is 22.5. The Morgan fingerprint density at radius 1 is 0.976 bits per heavy atom. The summed E-state index contributed by atoms with van der Waals surface area (Å²) in [6.07, 6.45) is -5.14. The van der Waals surface area contributed by atoms with E-state index in [-0.39, 0.29) is 5.75 Å². The molecule has 2 aromatic heterocycles. The summed E-state index contributed by atoms with van der Waals surface area (Å²) in [5.41, 5.74) is 2.46. The number of fused-ring (bicyclic) bond motifs is 3. The number of nitrogens with one attached hydrogen (secondary N) is 1. The zero-order chi connectivity index (χ0) is 29.3. The van der Waals surface area contributed by atoms with Crippen LogP contribution in [0.25, 0.3) is 27.7 Å². The van der Waals surface area contributed by atoms with Crippen molar-refractivity contribution in [3.63, 3.8) is 0 Å². The summed E-state index contributed by atoms with van der Waals surface area (Å²) in [7, 11) is 4.54. The number of carbonyl (C=O) groups is 1. The maximum atomic E-state index is 12.8. The van der Waals surface area contributed by atoms with Gasteiger partial charge in [0.25, 0.3) is 0 Å². The van der Waals surface area contributed by atoms with Gasteiger partial charge < -0.3 is 28.4 Å². The molecule has 1 saturated heterocycles. The van der Waals surface area contributed by atoms with Gasteiger partial charge in [0.2, 0.25) is 6.29 Å². The Kier molecular flexibility index (Phi) is 8.04. The molecule has 41 heavy (non-hydrogen) atoms. The highest BCUT2D eigenvalue weighted by Gasteiger charge is 2.47. The monoisotopic (exact) mass is 575 g/mol. The van der Waals surface area contributed by atoms with Crippen LogP contribution >= 0.6 is 0 Å². The van der Waals surface area contributed by atoms with Gasteiger partial charge in [-0.1, -0.05) is 0 Å². The molecular weight excluding hydrogens is 547 g/mol. The minimum atomic E-state index is -4.76. The summed E-state index contributed by atoms with van der Waals surface area (Å²) < 4.78 is 71.1. The predicted octanol–water partition coefficient (Wildman–Crippen LogP) is 5.39. The highest BCUT2D eigenvalue weighted by Crippen LogP contribution is 2.31. The van der Waals surface area contributed by atoms with Crippen molar-refractivity contribution in [1.82, 2.24) is 9.38 Å². The third-order valence-electron chi connectivity index (χ3n) is 6.89. The smallest absolute Gasteiger partial charge is 0.416 e. The number of hydrogen-bond donors (Lipinski definition) is 1. The number of methoxy groups -OCH3 is 3. The molecule has 1 amide bonds. The average Bonchev–Trinajstić information content (AvgIpc) is 3.36. The van der Waals surface area contributed by atoms with Crippen LogP contribution < -0.4 is 10.1 Å². The van der Waals surface area contributed by atoms with Gasteiger partial charge in [-0.25, -0.2) is 9.78 Å². The lowest BCUT2D eigenvalue weighted by atomic mass is 9.99. The van der Waals surface area contributed by atoms with Gasteiger partial charge in [-0.15, -0.1) is 13.2 Å². The number of halogens is 3. The van der Waals surface area contributed by atoms with Gasteiger partial charge in [0.15, 0.2) is 0 Å². The van der Waals surface area contributed by atoms with Crippen molar-refractivity contribution in [2.45, 2.75) is 44.0 Å². The molecule has 0 saturated carbocycles. The molecule has 13 heteroatoms. The van der Waals surface area contributed by atoms with Crippen molar-refractivity contribution >= 4 is 28.2 Å². The molecule has 2 aromatic carbocycles. The summed E-state index contributed by atoms with van der Waals surface area (Å²) in [6, 6.07) is 12.7. The molecule has 0 aliphatic carbocycles. The molecule has 0 spiro atoms. The first-order valence-electron chi connectivity index (χ1n) is 12.6. The fourth-order valence-corrected chi connectivity index (χ4v) is 5.05.